The minimum absolute atomic E-state index is 0.0875. The van der Waals surface area contributed by atoms with Crippen LogP contribution in [0.5, 0.6) is 0 Å². The van der Waals surface area contributed by atoms with Gasteiger partial charge in [0.15, 0.2) is 6.73 Å². The van der Waals surface area contributed by atoms with Gasteiger partial charge in [0.25, 0.3) is 0 Å². The third-order valence-corrected chi connectivity index (χ3v) is 5.33. The molecule has 0 saturated carbocycles. The predicted molar refractivity (Wildman–Crippen MR) is 116 cm³/mol. The van der Waals surface area contributed by atoms with E-state index in [1.54, 1.807) is 11.0 Å². The first-order chi connectivity index (χ1) is 15.1. The van der Waals surface area contributed by atoms with Gasteiger partial charge in [-0.1, -0.05) is 36.4 Å². The van der Waals surface area contributed by atoms with Crippen molar-refractivity contribution in [3.05, 3.63) is 83.2 Å². The van der Waals surface area contributed by atoms with Crippen LogP contribution in [0.25, 0.3) is 11.1 Å². The predicted octanol–water partition coefficient (Wildman–Crippen LogP) is 4.37. The number of fused-ring (bicyclic) bond motifs is 1. The van der Waals surface area contributed by atoms with Gasteiger partial charge in [-0.3, -0.25) is 9.88 Å². The van der Waals surface area contributed by atoms with Gasteiger partial charge in [-0.15, -0.1) is 0 Å². The van der Waals surface area contributed by atoms with Gasteiger partial charge in [0.05, 0.1) is 24.6 Å². The van der Waals surface area contributed by atoms with E-state index in [1.165, 1.54) is 30.6 Å². The van der Waals surface area contributed by atoms with Crippen LogP contribution in [-0.4, -0.2) is 35.8 Å². The van der Waals surface area contributed by atoms with Gasteiger partial charge >= 0.3 is 12.1 Å². The molecule has 7 nitrogen and oxygen atoms in total. The van der Waals surface area contributed by atoms with Crippen LogP contribution in [0.3, 0.4) is 0 Å². The number of aromatic nitrogens is 1. The van der Waals surface area contributed by atoms with Crippen molar-refractivity contribution in [2.24, 2.45) is 0 Å². The monoisotopic (exact) mass is 417 g/mol. The van der Waals surface area contributed by atoms with E-state index in [9.17, 15) is 9.59 Å². The lowest BCUT2D eigenvalue weighted by Crippen LogP contribution is -2.28. The Morgan fingerprint density at radius 1 is 1.10 bits per heavy atom. The van der Waals surface area contributed by atoms with E-state index in [0.717, 1.165) is 16.7 Å². The van der Waals surface area contributed by atoms with Gasteiger partial charge in [-0.2, -0.15) is 0 Å². The van der Waals surface area contributed by atoms with E-state index in [2.05, 4.69) is 47.6 Å². The Balaban J connectivity index is 1.37. The Hall–Kier alpha value is -3.87. The zero-order valence-electron chi connectivity index (χ0n) is 17.4. The Morgan fingerprint density at radius 3 is 2.71 bits per heavy atom. The zero-order chi connectivity index (χ0) is 21.8. The number of amides is 1. The highest BCUT2D eigenvalue weighted by molar-refractivity contribution is 5.95. The number of hydrogen-bond donors (Lipinski definition) is 1. The van der Waals surface area contributed by atoms with Crippen LogP contribution in [0.2, 0.25) is 0 Å². The molecule has 1 amide bonds. The van der Waals surface area contributed by atoms with E-state index >= 15 is 0 Å². The summed E-state index contributed by atoms with van der Waals surface area (Å²) in [6.07, 6.45) is 2.55. The van der Waals surface area contributed by atoms with E-state index in [-0.39, 0.29) is 6.73 Å². The summed E-state index contributed by atoms with van der Waals surface area (Å²) in [5.74, 6) is -0.490. The molecule has 1 aliphatic heterocycles. The van der Waals surface area contributed by atoms with Crippen molar-refractivity contribution in [3.63, 3.8) is 0 Å². The molecule has 0 bridgehead atoms. The van der Waals surface area contributed by atoms with Gasteiger partial charge < -0.3 is 14.8 Å². The lowest BCUT2D eigenvalue weighted by atomic mass is 9.97. The van der Waals surface area contributed by atoms with Gasteiger partial charge in [0.1, 0.15) is 0 Å². The molecule has 0 unspecified atom stereocenters. The molecule has 0 aliphatic carbocycles. The highest BCUT2D eigenvalue weighted by Crippen LogP contribution is 2.30. The van der Waals surface area contributed by atoms with Crippen LogP contribution in [0.15, 0.2) is 60.9 Å². The second-order valence-electron chi connectivity index (χ2n) is 7.30. The molecule has 2 heterocycles. The zero-order valence-corrected chi connectivity index (χ0v) is 17.4. The molecule has 0 spiro atoms. The highest BCUT2D eigenvalue weighted by Gasteiger charge is 2.25. The average molecular weight is 417 g/mol. The first-order valence-electron chi connectivity index (χ1n) is 9.92. The summed E-state index contributed by atoms with van der Waals surface area (Å²) in [5, 5.41) is 2.91. The number of carbonyl (C=O) groups excluding carboxylic acids is 2. The molecular weight excluding hydrogens is 394 g/mol. The number of anilines is 1. The summed E-state index contributed by atoms with van der Waals surface area (Å²) in [5.41, 5.74) is 6.53. The van der Waals surface area contributed by atoms with Crippen LogP contribution in [0.4, 0.5) is 10.5 Å². The van der Waals surface area contributed by atoms with Gasteiger partial charge in [0.2, 0.25) is 0 Å². The maximum atomic E-state index is 12.5. The lowest BCUT2D eigenvalue weighted by molar-refractivity contribution is 0.0601. The molecule has 2 aromatic carbocycles. The smallest absolute Gasteiger partial charge is 0.412 e. The number of carbonyl (C=O) groups is 2. The van der Waals surface area contributed by atoms with E-state index in [1.807, 2.05) is 12.1 Å². The Kier molecular flexibility index (Phi) is 5.84. The van der Waals surface area contributed by atoms with Gasteiger partial charge in [0, 0.05) is 19.3 Å². The average Bonchev–Trinajstić information content (AvgIpc) is 3.23. The lowest BCUT2D eigenvalue weighted by Gasteiger charge is -2.16. The Labute approximate surface area is 180 Å². The second kappa shape index (κ2) is 8.87. The first-order valence-corrected chi connectivity index (χ1v) is 9.92. The molecule has 0 saturated heterocycles. The Morgan fingerprint density at radius 2 is 1.90 bits per heavy atom. The number of nitrogens with zero attached hydrogens (tertiary/aromatic N) is 2. The normalized spacial score (nSPS) is 12.3. The molecular formula is C24H23N3O4. The van der Waals surface area contributed by atoms with Crippen molar-refractivity contribution in [2.75, 3.05) is 19.2 Å². The minimum Gasteiger partial charge on any atom is -0.465 e. The molecule has 1 aliphatic rings. The van der Waals surface area contributed by atoms with Crippen molar-refractivity contribution >= 4 is 17.7 Å². The standard InChI is InChI=1S/C24H23N3O4/c1-16-5-3-4-6-20(16)17-7-8-18-13-27(14-19(18)11-17)24(29)31-15-26-22-12-25-10-9-21(22)23(28)30-2/h3-12,26H,13-15H2,1-2H3. The molecule has 0 fully saturated rings. The van der Waals surface area contributed by atoms with Crippen LogP contribution in [0, 0.1) is 6.92 Å². The molecule has 1 N–H and O–H groups in total. The van der Waals surface area contributed by atoms with Crippen molar-refractivity contribution < 1.29 is 19.1 Å². The van der Waals surface area contributed by atoms with Crippen LogP contribution in [-0.2, 0) is 22.6 Å². The fourth-order valence-electron chi connectivity index (χ4n) is 3.68. The largest absolute Gasteiger partial charge is 0.465 e. The number of nitrogens with one attached hydrogen (secondary N) is 1. The van der Waals surface area contributed by atoms with Crippen LogP contribution >= 0.6 is 0 Å². The molecule has 0 radical (unpaired) electrons. The molecule has 158 valence electrons. The number of esters is 1. The molecule has 4 rings (SSSR count). The summed E-state index contributed by atoms with van der Waals surface area (Å²) in [4.78, 5) is 30.0. The van der Waals surface area contributed by atoms with E-state index < -0.39 is 12.1 Å². The van der Waals surface area contributed by atoms with E-state index in [4.69, 9.17) is 9.47 Å². The maximum absolute atomic E-state index is 12.5. The van der Waals surface area contributed by atoms with E-state index in [0.29, 0.717) is 24.3 Å². The van der Waals surface area contributed by atoms with Crippen molar-refractivity contribution in [2.45, 2.75) is 20.0 Å². The van der Waals surface area contributed by atoms with Crippen molar-refractivity contribution in [3.8, 4) is 11.1 Å². The number of pyridine rings is 1. The minimum atomic E-state index is -0.490. The number of ether oxygens (including phenoxy) is 2. The molecule has 7 heteroatoms. The highest BCUT2D eigenvalue weighted by atomic mass is 16.6. The fraction of sp³-hybridized carbons (Fsp3) is 0.208. The molecule has 0 atom stereocenters. The summed E-state index contributed by atoms with van der Waals surface area (Å²) >= 11 is 0. The quantitative estimate of drug-likeness (QED) is 0.491. The topological polar surface area (TPSA) is 80.8 Å². The summed E-state index contributed by atoms with van der Waals surface area (Å²) in [7, 11) is 1.31. The third kappa shape index (κ3) is 4.35. The maximum Gasteiger partial charge on any atom is 0.412 e. The molecule has 1 aromatic heterocycles. The van der Waals surface area contributed by atoms with Crippen LogP contribution < -0.4 is 5.32 Å². The van der Waals surface area contributed by atoms with Gasteiger partial charge in [-0.25, -0.2) is 9.59 Å². The van der Waals surface area contributed by atoms with Gasteiger partial charge in [-0.05, 0) is 46.9 Å². The fourth-order valence-corrected chi connectivity index (χ4v) is 3.68. The van der Waals surface area contributed by atoms with Crippen LogP contribution in [0.1, 0.15) is 27.0 Å². The number of benzene rings is 2. The SMILES string of the molecule is COC(=O)c1ccncc1NCOC(=O)N1Cc2ccc(-c3ccccc3C)cc2C1. The number of rotatable bonds is 5. The van der Waals surface area contributed by atoms with Crippen molar-refractivity contribution in [1.82, 2.24) is 9.88 Å². The second-order valence-corrected chi connectivity index (χ2v) is 7.30. The Bertz CT molecular complexity index is 1130. The molecule has 31 heavy (non-hydrogen) atoms. The summed E-state index contributed by atoms with van der Waals surface area (Å²) in [6.45, 7) is 3.00. The number of aryl methyl sites for hydroxylation is 1. The third-order valence-electron chi connectivity index (χ3n) is 5.33. The summed E-state index contributed by atoms with van der Waals surface area (Å²) in [6, 6.07) is 16.1. The number of hydrogen-bond acceptors (Lipinski definition) is 6. The molecule has 3 aromatic rings. The first kappa shape index (κ1) is 20.4. The summed E-state index contributed by atoms with van der Waals surface area (Å²) < 4.78 is 10.1. The van der Waals surface area contributed by atoms with Crippen molar-refractivity contribution in [1.29, 1.82) is 0 Å². The number of methoxy groups -OCH3 is 1.